The summed E-state index contributed by atoms with van der Waals surface area (Å²) in [6.07, 6.45) is 3.88. The Hall–Kier alpha value is -3.65. The maximum atomic E-state index is 12.3. The van der Waals surface area contributed by atoms with E-state index in [9.17, 15) is 4.79 Å². The predicted octanol–water partition coefficient (Wildman–Crippen LogP) is 2.76. The van der Waals surface area contributed by atoms with E-state index in [0.717, 1.165) is 27.6 Å². The summed E-state index contributed by atoms with van der Waals surface area (Å²) >= 11 is 0. The molecule has 0 aliphatic rings. The summed E-state index contributed by atoms with van der Waals surface area (Å²) in [7, 11) is 0. The molecular formula is C21H16N4O. The highest BCUT2D eigenvalue weighted by atomic mass is 16.1. The van der Waals surface area contributed by atoms with Crippen molar-refractivity contribution in [3.8, 4) is 11.8 Å². The molecule has 0 aliphatic heterocycles. The number of fused-ring (bicyclic) bond motifs is 1. The number of nitrogens with one attached hydrogen (secondary N) is 1. The zero-order chi connectivity index (χ0) is 17.8. The first-order chi connectivity index (χ1) is 12.8. The Labute approximate surface area is 150 Å². The number of pyridine rings is 1. The van der Waals surface area contributed by atoms with Gasteiger partial charge in [0, 0.05) is 23.1 Å². The van der Waals surface area contributed by atoms with Crippen LogP contribution >= 0.6 is 0 Å². The molecule has 4 rings (SSSR count). The van der Waals surface area contributed by atoms with Crippen molar-refractivity contribution in [2.24, 2.45) is 0 Å². The molecule has 0 spiro atoms. The van der Waals surface area contributed by atoms with Crippen LogP contribution < -0.4 is 5.56 Å². The van der Waals surface area contributed by atoms with Gasteiger partial charge in [-0.2, -0.15) is 0 Å². The molecule has 0 unspecified atom stereocenters. The minimum atomic E-state index is -0.0483. The van der Waals surface area contributed by atoms with E-state index < -0.39 is 0 Å². The minimum absolute atomic E-state index is 0.0483. The van der Waals surface area contributed by atoms with Gasteiger partial charge in [0.25, 0.3) is 5.56 Å². The number of nitrogens with zero attached hydrogens (tertiary/aromatic N) is 3. The van der Waals surface area contributed by atoms with Crippen LogP contribution in [0.3, 0.4) is 0 Å². The highest BCUT2D eigenvalue weighted by Crippen LogP contribution is 2.15. The molecule has 5 nitrogen and oxygen atoms in total. The van der Waals surface area contributed by atoms with E-state index in [1.54, 1.807) is 12.7 Å². The van der Waals surface area contributed by atoms with Crippen LogP contribution in [0.15, 0.2) is 72.0 Å². The van der Waals surface area contributed by atoms with Crippen LogP contribution in [-0.4, -0.2) is 19.7 Å². The zero-order valence-electron chi connectivity index (χ0n) is 14.0. The fourth-order valence-electron chi connectivity index (χ4n) is 2.81. The third-order valence-electron chi connectivity index (χ3n) is 4.12. The summed E-state index contributed by atoms with van der Waals surface area (Å²) < 4.78 is 1.81. The van der Waals surface area contributed by atoms with Crippen LogP contribution in [0.1, 0.15) is 16.7 Å². The van der Waals surface area contributed by atoms with Gasteiger partial charge >= 0.3 is 0 Å². The highest BCUT2D eigenvalue weighted by molar-refractivity contribution is 5.80. The lowest BCUT2D eigenvalue weighted by molar-refractivity contribution is 0.836. The van der Waals surface area contributed by atoms with E-state index >= 15 is 0 Å². The molecule has 4 aromatic rings. The monoisotopic (exact) mass is 340 g/mol. The summed E-state index contributed by atoms with van der Waals surface area (Å²) in [5, 5.41) is 8.48. The van der Waals surface area contributed by atoms with Crippen molar-refractivity contribution < 1.29 is 0 Å². The summed E-state index contributed by atoms with van der Waals surface area (Å²) in [5.41, 5.74) is 3.53. The summed E-state index contributed by atoms with van der Waals surface area (Å²) in [4.78, 5) is 15.3. The Morgan fingerprint density at radius 2 is 1.81 bits per heavy atom. The Kier molecular flexibility index (Phi) is 4.31. The quantitative estimate of drug-likeness (QED) is 0.583. The van der Waals surface area contributed by atoms with Crippen molar-refractivity contribution in [3.63, 3.8) is 0 Å². The van der Waals surface area contributed by atoms with Crippen molar-refractivity contribution in [2.45, 2.75) is 13.0 Å². The van der Waals surface area contributed by atoms with Gasteiger partial charge in [0.05, 0.1) is 6.54 Å². The predicted molar refractivity (Wildman–Crippen MR) is 101 cm³/mol. The number of rotatable bonds is 3. The molecule has 0 saturated heterocycles. The molecule has 2 aromatic carbocycles. The first-order valence-corrected chi connectivity index (χ1v) is 8.29. The van der Waals surface area contributed by atoms with E-state index in [-0.39, 0.29) is 5.56 Å². The maximum absolute atomic E-state index is 12.3. The van der Waals surface area contributed by atoms with Crippen LogP contribution in [0.4, 0.5) is 0 Å². The Bertz CT molecular complexity index is 1150. The molecule has 2 aromatic heterocycles. The first kappa shape index (κ1) is 15.9. The summed E-state index contributed by atoms with van der Waals surface area (Å²) in [6.45, 7) is 0.538. The average molecular weight is 340 g/mol. The molecule has 5 heteroatoms. The molecule has 126 valence electrons. The number of aromatic amines is 1. The van der Waals surface area contributed by atoms with Crippen molar-refractivity contribution >= 4 is 10.9 Å². The maximum Gasteiger partial charge on any atom is 0.251 e. The van der Waals surface area contributed by atoms with E-state index in [2.05, 4.69) is 27.0 Å². The molecule has 0 radical (unpaired) electrons. The van der Waals surface area contributed by atoms with Gasteiger partial charge in [-0.25, -0.2) is 0 Å². The van der Waals surface area contributed by atoms with Crippen LogP contribution in [0, 0.1) is 11.8 Å². The first-order valence-electron chi connectivity index (χ1n) is 8.29. The second kappa shape index (κ2) is 7.08. The molecule has 0 atom stereocenters. The fraction of sp³-hybridized carbons (Fsp3) is 0.0952. The largest absolute Gasteiger partial charge is 0.322 e. The number of aromatic nitrogens is 4. The van der Waals surface area contributed by atoms with Gasteiger partial charge in [0.1, 0.15) is 12.7 Å². The van der Waals surface area contributed by atoms with E-state index in [1.165, 1.54) is 0 Å². The minimum Gasteiger partial charge on any atom is -0.322 e. The normalized spacial score (nSPS) is 10.5. The lowest BCUT2D eigenvalue weighted by Crippen LogP contribution is -2.12. The average Bonchev–Trinajstić information content (AvgIpc) is 3.17. The number of hydrogen-bond donors (Lipinski definition) is 1. The molecule has 26 heavy (non-hydrogen) atoms. The van der Waals surface area contributed by atoms with Crippen LogP contribution in [0.2, 0.25) is 0 Å². The van der Waals surface area contributed by atoms with Crippen molar-refractivity contribution in [1.82, 2.24) is 19.7 Å². The molecule has 0 bridgehead atoms. The van der Waals surface area contributed by atoms with Gasteiger partial charge in [-0.15, -0.1) is 10.2 Å². The molecule has 0 amide bonds. The second-order valence-electron chi connectivity index (χ2n) is 6.02. The van der Waals surface area contributed by atoms with E-state index in [4.69, 9.17) is 0 Å². The van der Waals surface area contributed by atoms with Gasteiger partial charge in [-0.3, -0.25) is 4.79 Å². The third-order valence-corrected chi connectivity index (χ3v) is 4.12. The number of benzene rings is 2. The molecule has 0 aliphatic carbocycles. The summed E-state index contributed by atoms with van der Waals surface area (Å²) in [6, 6.07) is 17.7. The van der Waals surface area contributed by atoms with Crippen LogP contribution in [-0.2, 0) is 13.0 Å². The highest BCUT2D eigenvalue weighted by Gasteiger charge is 2.04. The summed E-state index contributed by atoms with van der Waals surface area (Å²) in [5.74, 6) is 6.24. The topological polar surface area (TPSA) is 63.6 Å². The zero-order valence-corrected chi connectivity index (χ0v) is 14.0. The molecule has 0 saturated carbocycles. The molecule has 1 N–H and O–H groups in total. The number of hydrogen-bond acceptors (Lipinski definition) is 3. The second-order valence-corrected chi connectivity index (χ2v) is 6.02. The Balaban J connectivity index is 1.63. The lowest BCUT2D eigenvalue weighted by atomic mass is 10.0. The Morgan fingerprint density at radius 3 is 2.62 bits per heavy atom. The van der Waals surface area contributed by atoms with Gasteiger partial charge in [0.15, 0.2) is 0 Å². The van der Waals surface area contributed by atoms with Gasteiger partial charge in [0.2, 0.25) is 0 Å². The SMILES string of the molecule is O=c1[nH]c2ccc(C#CCn3cnnc3)cc2cc1Cc1ccccc1. The van der Waals surface area contributed by atoms with Crippen LogP contribution in [0.25, 0.3) is 10.9 Å². The van der Waals surface area contributed by atoms with Crippen molar-refractivity contribution in [3.05, 3.63) is 94.3 Å². The van der Waals surface area contributed by atoms with Gasteiger partial charge in [-0.1, -0.05) is 42.2 Å². The van der Waals surface area contributed by atoms with Crippen molar-refractivity contribution in [1.29, 1.82) is 0 Å². The van der Waals surface area contributed by atoms with Crippen molar-refractivity contribution in [2.75, 3.05) is 0 Å². The smallest absolute Gasteiger partial charge is 0.251 e. The van der Waals surface area contributed by atoms with Crippen LogP contribution in [0.5, 0.6) is 0 Å². The van der Waals surface area contributed by atoms with E-state index in [0.29, 0.717) is 13.0 Å². The fourth-order valence-corrected chi connectivity index (χ4v) is 2.81. The number of H-pyrrole nitrogens is 1. The van der Waals surface area contributed by atoms with Gasteiger partial charge in [-0.05, 0) is 35.2 Å². The lowest BCUT2D eigenvalue weighted by Gasteiger charge is -2.04. The molecule has 2 heterocycles. The molecular weight excluding hydrogens is 324 g/mol. The Morgan fingerprint density at radius 1 is 1.00 bits per heavy atom. The molecule has 0 fully saturated rings. The third kappa shape index (κ3) is 3.55. The van der Waals surface area contributed by atoms with E-state index in [1.807, 2.05) is 59.2 Å². The van der Waals surface area contributed by atoms with Gasteiger partial charge < -0.3 is 9.55 Å². The standard InChI is InChI=1S/C21H16N4O/c26-21-19(12-16-5-2-1-3-6-16)13-18-11-17(8-9-20(18)24-21)7-4-10-25-14-22-23-15-25/h1-3,5-6,8-9,11,13-15H,10,12H2,(H,24,26).